The molecule has 1 aliphatic rings. The van der Waals surface area contributed by atoms with Gasteiger partial charge in [0.25, 0.3) is 0 Å². The third kappa shape index (κ3) is 2.23. The first-order chi connectivity index (χ1) is 6.84. The van der Waals surface area contributed by atoms with Crippen LogP contribution >= 0.6 is 0 Å². The van der Waals surface area contributed by atoms with Crippen molar-refractivity contribution in [2.24, 2.45) is 0 Å². The minimum atomic E-state index is -0.426. The summed E-state index contributed by atoms with van der Waals surface area (Å²) in [5.41, 5.74) is 0.734. The molecule has 0 unspecified atom stereocenters. The molecular formula is C10H11NO3. The minimum absolute atomic E-state index is 0.0845. The van der Waals surface area contributed by atoms with Crippen LogP contribution in [0.1, 0.15) is 0 Å². The third-order valence-electron chi connectivity index (χ3n) is 1.90. The maximum Gasteiger partial charge on any atom is 0.412 e. The molecule has 1 N–H and O–H groups in total. The molecule has 1 aromatic carbocycles. The number of carbonyl (C=O) groups excluding carboxylic acids is 1. The average molecular weight is 193 g/mol. The SMILES string of the molecule is O=C(Nc1ccccc1)OC1COC1. The van der Waals surface area contributed by atoms with E-state index in [0.717, 1.165) is 5.69 Å². The second kappa shape index (κ2) is 4.11. The first-order valence-corrected chi connectivity index (χ1v) is 4.45. The number of amides is 1. The summed E-state index contributed by atoms with van der Waals surface area (Å²) in [6.07, 6.45) is -0.511. The molecule has 0 bridgehead atoms. The van der Waals surface area contributed by atoms with E-state index in [-0.39, 0.29) is 6.10 Å². The van der Waals surface area contributed by atoms with E-state index in [0.29, 0.717) is 13.2 Å². The molecule has 14 heavy (non-hydrogen) atoms. The zero-order chi connectivity index (χ0) is 9.80. The Balaban J connectivity index is 1.82. The van der Waals surface area contributed by atoms with Crippen LogP contribution in [0.3, 0.4) is 0 Å². The molecule has 1 saturated heterocycles. The lowest BCUT2D eigenvalue weighted by molar-refractivity contribution is -0.0951. The minimum Gasteiger partial charge on any atom is -0.441 e. The van der Waals surface area contributed by atoms with Crippen molar-refractivity contribution in [3.8, 4) is 0 Å². The number of hydrogen-bond donors (Lipinski definition) is 1. The molecule has 1 aromatic rings. The molecule has 0 aromatic heterocycles. The average Bonchev–Trinajstić information content (AvgIpc) is 2.13. The second-order valence-corrected chi connectivity index (χ2v) is 3.06. The van der Waals surface area contributed by atoms with E-state index in [1.807, 2.05) is 18.2 Å². The van der Waals surface area contributed by atoms with E-state index in [1.54, 1.807) is 12.1 Å². The van der Waals surface area contributed by atoms with Gasteiger partial charge < -0.3 is 9.47 Å². The number of rotatable bonds is 2. The summed E-state index contributed by atoms with van der Waals surface area (Å²) in [6.45, 7) is 1.00. The monoisotopic (exact) mass is 193 g/mol. The van der Waals surface area contributed by atoms with Gasteiger partial charge in [-0.3, -0.25) is 5.32 Å². The quantitative estimate of drug-likeness (QED) is 0.776. The fraction of sp³-hybridized carbons (Fsp3) is 0.300. The summed E-state index contributed by atoms with van der Waals surface area (Å²) in [6, 6.07) is 9.19. The van der Waals surface area contributed by atoms with Crippen LogP contribution in [0, 0.1) is 0 Å². The summed E-state index contributed by atoms with van der Waals surface area (Å²) in [5.74, 6) is 0. The van der Waals surface area contributed by atoms with E-state index in [9.17, 15) is 4.79 Å². The van der Waals surface area contributed by atoms with Crippen molar-refractivity contribution >= 4 is 11.8 Å². The normalized spacial score (nSPS) is 15.7. The van der Waals surface area contributed by atoms with Crippen LogP contribution in [0.2, 0.25) is 0 Å². The van der Waals surface area contributed by atoms with E-state index < -0.39 is 6.09 Å². The van der Waals surface area contributed by atoms with Crippen LogP contribution in [0.4, 0.5) is 10.5 Å². The van der Waals surface area contributed by atoms with Crippen molar-refractivity contribution in [2.75, 3.05) is 18.5 Å². The predicted octanol–water partition coefficient (Wildman–Crippen LogP) is 1.63. The molecule has 4 heteroatoms. The highest BCUT2D eigenvalue weighted by atomic mass is 16.6. The Labute approximate surface area is 81.8 Å². The fourth-order valence-corrected chi connectivity index (χ4v) is 1.10. The number of para-hydroxylation sites is 1. The van der Waals surface area contributed by atoms with Crippen molar-refractivity contribution in [3.05, 3.63) is 30.3 Å². The molecule has 0 radical (unpaired) electrons. The van der Waals surface area contributed by atoms with Crippen LogP contribution in [0.15, 0.2) is 30.3 Å². The van der Waals surface area contributed by atoms with Gasteiger partial charge in [-0.1, -0.05) is 18.2 Å². The highest BCUT2D eigenvalue weighted by Gasteiger charge is 2.22. The summed E-state index contributed by atoms with van der Waals surface area (Å²) >= 11 is 0. The largest absolute Gasteiger partial charge is 0.441 e. The number of benzene rings is 1. The highest BCUT2D eigenvalue weighted by molar-refractivity contribution is 5.84. The maximum absolute atomic E-state index is 11.2. The molecule has 2 rings (SSSR count). The zero-order valence-electron chi connectivity index (χ0n) is 7.60. The molecule has 0 aliphatic carbocycles. The van der Waals surface area contributed by atoms with Crippen molar-refractivity contribution in [3.63, 3.8) is 0 Å². The number of anilines is 1. The number of ether oxygens (including phenoxy) is 2. The van der Waals surface area contributed by atoms with Crippen LogP contribution in [0.25, 0.3) is 0 Å². The first-order valence-electron chi connectivity index (χ1n) is 4.45. The molecular weight excluding hydrogens is 182 g/mol. The van der Waals surface area contributed by atoms with Crippen molar-refractivity contribution in [1.29, 1.82) is 0 Å². The van der Waals surface area contributed by atoms with Crippen LogP contribution in [0.5, 0.6) is 0 Å². The maximum atomic E-state index is 11.2. The molecule has 1 heterocycles. The van der Waals surface area contributed by atoms with Gasteiger partial charge in [-0.05, 0) is 12.1 Å². The van der Waals surface area contributed by atoms with Crippen molar-refractivity contribution in [2.45, 2.75) is 6.10 Å². The molecule has 1 aliphatic heterocycles. The smallest absolute Gasteiger partial charge is 0.412 e. The molecule has 1 fully saturated rings. The molecule has 4 nitrogen and oxygen atoms in total. The van der Waals surface area contributed by atoms with Crippen LogP contribution in [-0.4, -0.2) is 25.4 Å². The summed E-state index contributed by atoms with van der Waals surface area (Å²) in [7, 11) is 0. The Morgan fingerprint density at radius 3 is 2.64 bits per heavy atom. The Kier molecular flexibility index (Phi) is 2.65. The lowest BCUT2D eigenvalue weighted by Crippen LogP contribution is -2.38. The van der Waals surface area contributed by atoms with Gasteiger partial charge in [-0.15, -0.1) is 0 Å². The summed E-state index contributed by atoms with van der Waals surface area (Å²) in [5, 5.41) is 2.62. The van der Waals surface area contributed by atoms with Crippen molar-refractivity contribution in [1.82, 2.24) is 0 Å². The molecule has 1 amide bonds. The Hall–Kier alpha value is -1.55. The van der Waals surface area contributed by atoms with E-state index in [4.69, 9.17) is 9.47 Å². The second-order valence-electron chi connectivity index (χ2n) is 3.06. The molecule has 0 atom stereocenters. The van der Waals surface area contributed by atoms with Gasteiger partial charge in [-0.25, -0.2) is 4.79 Å². The first kappa shape index (κ1) is 9.02. The standard InChI is InChI=1S/C10H11NO3/c12-10(14-9-6-13-7-9)11-8-4-2-1-3-5-8/h1-5,9H,6-7H2,(H,11,12). The van der Waals surface area contributed by atoms with Gasteiger partial charge in [-0.2, -0.15) is 0 Å². The Bertz CT molecular complexity index is 308. The van der Waals surface area contributed by atoms with Gasteiger partial charge in [0.15, 0.2) is 6.10 Å². The Morgan fingerprint density at radius 1 is 1.36 bits per heavy atom. The Morgan fingerprint density at radius 2 is 2.07 bits per heavy atom. The molecule has 0 saturated carbocycles. The number of hydrogen-bond acceptors (Lipinski definition) is 3. The van der Waals surface area contributed by atoms with Gasteiger partial charge in [0, 0.05) is 5.69 Å². The summed E-state index contributed by atoms with van der Waals surface area (Å²) < 4.78 is 9.90. The third-order valence-corrected chi connectivity index (χ3v) is 1.90. The van der Waals surface area contributed by atoms with Gasteiger partial charge in [0.1, 0.15) is 0 Å². The number of nitrogens with one attached hydrogen (secondary N) is 1. The number of carbonyl (C=O) groups is 1. The predicted molar refractivity (Wildman–Crippen MR) is 51.2 cm³/mol. The van der Waals surface area contributed by atoms with E-state index in [2.05, 4.69) is 5.32 Å². The van der Waals surface area contributed by atoms with Gasteiger partial charge >= 0.3 is 6.09 Å². The molecule has 0 spiro atoms. The topological polar surface area (TPSA) is 47.6 Å². The van der Waals surface area contributed by atoms with E-state index in [1.165, 1.54) is 0 Å². The fourth-order valence-electron chi connectivity index (χ4n) is 1.10. The van der Waals surface area contributed by atoms with E-state index >= 15 is 0 Å². The van der Waals surface area contributed by atoms with Gasteiger partial charge in [0.05, 0.1) is 13.2 Å². The molecule has 74 valence electrons. The van der Waals surface area contributed by atoms with Crippen LogP contribution in [-0.2, 0) is 9.47 Å². The lowest BCUT2D eigenvalue weighted by atomic mass is 10.3. The highest BCUT2D eigenvalue weighted by Crippen LogP contribution is 2.09. The zero-order valence-corrected chi connectivity index (χ0v) is 7.60. The summed E-state index contributed by atoms with van der Waals surface area (Å²) in [4.78, 5) is 11.2. The van der Waals surface area contributed by atoms with Gasteiger partial charge in [0.2, 0.25) is 0 Å². The van der Waals surface area contributed by atoms with Crippen LogP contribution < -0.4 is 5.32 Å². The van der Waals surface area contributed by atoms with Crippen molar-refractivity contribution < 1.29 is 14.3 Å². The lowest BCUT2D eigenvalue weighted by Gasteiger charge is -2.25.